The maximum absolute atomic E-state index is 13.9. The summed E-state index contributed by atoms with van der Waals surface area (Å²) in [5.74, 6) is -0.0805. The van der Waals surface area contributed by atoms with Gasteiger partial charge in [0.15, 0.2) is 0 Å². The minimum atomic E-state index is -3.92. The molecule has 0 aliphatic rings. The number of aliphatic hydroxyl groups is 1. The number of nitrogens with one attached hydrogen (secondary N) is 1. The number of benzene rings is 4. The number of aryl methyl sites for hydroxylation is 2. The number of carbonyl (C=O) groups is 1. The van der Waals surface area contributed by atoms with Crippen molar-refractivity contribution in [2.24, 2.45) is 5.73 Å². The summed E-state index contributed by atoms with van der Waals surface area (Å²) in [6, 6.07) is 25.4. The molecule has 5 rings (SSSR count). The fourth-order valence-electron chi connectivity index (χ4n) is 5.21. The molecule has 0 saturated carbocycles. The van der Waals surface area contributed by atoms with Gasteiger partial charge in [-0.2, -0.15) is 0 Å². The number of aliphatic hydroxyl groups excluding tert-OH is 1. The van der Waals surface area contributed by atoms with Crippen LogP contribution in [0.15, 0.2) is 101 Å². The first-order valence-electron chi connectivity index (χ1n) is 14.4. The van der Waals surface area contributed by atoms with Gasteiger partial charge in [0.1, 0.15) is 5.75 Å². The largest absolute Gasteiger partial charge is 0.497 e. The molecule has 0 saturated heterocycles. The smallest absolute Gasteiger partial charge is 0.252 e. The van der Waals surface area contributed by atoms with E-state index in [1.807, 2.05) is 12.1 Å². The molecule has 0 aliphatic carbocycles. The highest BCUT2D eigenvalue weighted by Gasteiger charge is 2.22. The number of unbranched alkanes of at least 4 members (excludes halogenated alkanes) is 2. The third kappa shape index (κ3) is 6.59. The number of rotatable bonds is 12. The molecule has 0 spiro atoms. The Hall–Kier alpha value is -4.73. The van der Waals surface area contributed by atoms with Crippen molar-refractivity contribution in [2.45, 2.75) is 42.4 Å². The lowest BCUT2D eigenvalue weighted by atomic mass is 10.0. The number of hydrogen-bond donors (Lipinski definition) is 3. The number of sulfone groups is 1. The molecule has 9 heteroatoms. The third-order valence-corrected chi connectivity index (χ3v) is 9.37. The molecule has 4 N–H and O–H groups in total. The highest BCUT2D eigenvalue weighted by atomic mass is 32.2. The van der Waals surface area contributed by atoms with Crippen LogP contribution in [0.25, 0.3) is 22.0 Å². The zero-order valence-electron chi connectivity index (χ0n) is 24.7. The second-order valence-electron chi connectivity index (χ2n) is 10.7. The van der Waals surface area contributed by atoms with Crippen molar-refractivity contribution in [1.29, 1.82) is 0 Å². The first-order valence-corrected chi connectivity index (χ1v) is 15.9. The molecule has 44 heavy (non-hydrogen) atoms. The van der Waals surface area contributed by atoms with Crippen molar-refractivity contribution in [3.8, 4) is 16.9 Å². The first kappa shape index (κ1) is 30.7. The fourth-order valence-corrected chi connectivity index (χ4v) is 6.58. The molecule has 0 fully saturated rings. The van der Waals surface area contributed by atoms with Gasteiger partial charge in [0.05, 0.1) is 33.7 Å². The summed E-state index contributed by atoms with van der Waals surface area (Å²) >= 11 is 0. The van der Waals surface area contributed by atoms with Crippen LogP contribution in [0.1, 0.15) is 40.7 Å². The van der Waals surface area contributed by atoms with E-state index in [0.717, 1.165) is 36.8 Å². The number of nitrogens with zero attached hydrogens (tertiary/aromatic N) is 1. The molecule has 8 nitrogen and oxygen atoms in total. The lowest BCUT2D eigenvalue weighted by Gasteiger charge is -2.16. The van der Waals surface area contributed by atoms with Crippen molar-refractivity contribution >= 4 is 38.0 Å². The molecular weight excluding hydrogens is 574 g/mol. The van der Waals surface area contributed by atoms with Crippen LogP contribution >= 0.6 is 0 Å². The summed E-state index contributed by atoms with van der Waals surface area (Å²) in [5.41, 5.74) is 11.1. The number of fused-ring (bicyclic) bond motifs is 1. The second-order valence-corrected chi connectivity index (χ2v) is 12.6. The van der Waals surface area contributed by atoms with Gasteiger partial charge in [-0.25, -0.2) is 8.42 Å². The summed E-state index contributed by atoms with van der Waals surface area (Å²) in [7, 11) is -2.36. The van der Waals surface area contributed by atoms with Crippen LogP contribution in [0, 0.1) is 6.92 Å². The minimum absolute atomic E-state index is 0.0814. The molecule has 0 aliphatic heterocycles. The first-order chi connectivity index (χ1) is 21.2. The Labute approximate surface area is 257 Å². The number of hydrogen-bond acceptors (Lipinski definition) is 7. The quantitative estimate of drug-likeness (QED) is 0.136. The number of amides is 1. The zero-order valence-corrected chi connectivity index (χ0v) is 25.5. The normalized spacial score (nSPS) is 11.4. The fraction of sp³-hybridized carbons (Fsp3) is 0.200. The van der Waals surface area contributed by atoms with E-state index in [9.17, 15) is 13.2 Å². The van der Waals surface area contributed by atoms with Crippen LogP contribution in [0.3, 0.4) is 0 Å². The van der Waals surface area contributed by atoms with E-state index >= 15 is 0 Å². The molecule has 5 aromatic rings. The monoisotopic (exact) mass is 609 g/mol. The highest BCUT2D eigenvalue weighted by molar-refractivity contribution is 7.91. The lowest BCUT2D eigenvalue weighted by Crippen LogP contribution is -2.14. The summed E-state index contributed by atoms with van der Waals surface area (Å²) in [6.45, 7) is 2.01. The molecule has 1 heterocycles. The summed E-state index contributed by atoms with van der Waals surface area (Å²) in [5, 5.41) is 12.6. The minimum Gasteiger partial charge on any atom is -0.497 e. The Bertz CT molecular complexity index is 1900. The van der Waals surface area contributed by atoms with E-state index in [-0.39, 0.29) is 22.0 Å². The predicted molar refractivity (Wildman–Crippen MR) is 173 cm³/mol. The van der Waals surface area contributed by atoms with Gasteiger partial charge in [0.2, 0.25) is 9.84 Å². The van der Waals surface area contributed by atoms with Crippen molar-refractivity contribution in [3.05, 3.63) is 108 Å². The van der Waals surface area contributed by atoms with Gasteiger partial charge in [-0.15, -0.1) is 0 Å². The second kappa shape index (κ2) is 13.3. The van der Waals surface area contributed by atoms with Crippen molar-refractivity contribution in [2.75, 3.05) is 19.0 Å². The zero-order chi connectivity index (χ0) is 31.3. The lowest BCUT2D eigenvalue weighted by molar-refractivity contribution is 0.100. The van der Waals surface area contributed by atoms with Gasteiger partial charge < -0.3 is 20.9 Å². The maximum atomic E-state index is 13.9. The van der Waals surface area contributed by atoms with Crippen LogP contribution in [0.2, 0.25) is 0 Å². The average Bonchev–Trinajstić information content (AvgIpc) is 3.03. The van der Waals surface area contributed by atoms with Crippen LogP contribution in [-0.2, 0) is 16.3 Å². The molecule has 1 amide bonds. The number of carbonyl (C=O) groups excluding carboxylic acids is 1. The van der Waals surface area contributed by atoms with E-state index in [4.69, 9.17) is 15.6 Å². The third-order valence-electron chi connectivity index (χ3n) is 7.63. The molecular formula is C35H35N3O5S. The number of ether oxygens (including phenoxy) is 1. The molecule has 226 valence electrons. The van der Waals surface area contributed by atoms with Gasteiger partial charge in [-0.3, -0.25) is 9.78 Å². The van der Waals surface area contributed by atoms with Crippen molar-refractivity contribution < 1.29 is 23.1 Å². The summed E-state index contributed by atoms with van der Waals surface area (Å²) in [6.07, 6.45) is 5.19. The van der Waals surface area contributed by atoms with Crippen LogP contribution in [0.4, 0.5) is 11.4 Å². The molecule has 0 unspecified atom stereocenters. The van der Waals surface area contributed by atoms with Crippen molar-refractivity contribution in [1.82, 2.24) is 4.98 Å². The summed E-state index contributed by atoms with van der Waals surface area (Å²) in [4.78, 5) is 17.1. The maximum Gasteiger partial charge on any atom is 0.252 e. The highest BCUT2D eigenvalue weighted by Crippen LogP contribution is 2.35. The number of aromatic nitrogens is 1. The van der Waals surface area contributed by atoms with E-state index < -0.39 is 15.7 Å². The average molecular weight is 610 g/mol. The standard InChI is InChI=1S/C35H35N3O5S/c1-23-19-30(21-31-33(23)37-22-32(35(36)40)34(31)38-27-8-6-9-28(20-27)43-2)44(41,42)29-16-14-26(15-17-29)25-12-10-24(11-13-25)7-4-3-5-18-39/h6,8-17,19-22,39H,3-5,7,18H2,1-2H3,(H2,36,40)(H,37,38). The number of pyridine rings is 1. The SMILES string of the molecule is COc1cccc(Nc2c(C(N)=O)cnc3c(C)cc(S(=O)(=O)c4ccc(-c5ccc(CCCCCO)cc5)cc4)cc23)c1. The molecule has 0 radical (unpaired) electrons. The van der Waals surface area contributed by atoms with Crippen LogP contribution < -0.4 is 15.8 Å². The number of primary amides is 1. The molecule has 1 aromatic heterocycles. The van der Waals surface area contributed by atoms with Crippen LogP contribution in [0.5, 0.6) is 5.75 Å². The Morgan fingerprint density at radius 2 is 1.61 bits per heavy atom. The molecule has 0 atom stereocenters. The number of methoxy groups -OCH3 is 1. The summed E-state index contributed by atoms with van der Waals surface area (Å²) < 4.78 is 33.1. The van der Waals surface area contributed by atoms with E-state index in [0.29, 0.717) is 33.6 Å². The van der Waals surface area contributed by atoms with Crippen LogP contribution in [-0.4, -0.2) is 38.1 Å². The van der Waals surface area contributed by atoms with Crippen molar-refractivity contribution in [3.63, 3.8) is 0 Å². The number of nitrogens with two attached hydrogens (primary N) is 1. The van der Waals surface area contributed by atoms with E-state index in [1.54, 1.807) is 68.6 Å². The molecule has 0 bridgehead atoms. The number of anilines is 2. The topological polar surface area (TPSA) is 132 Å². The van der Waals surface area contributed by atoms with E-state index in [2.05, 4.69) is 22.4 Å². The van der Waals surface area contributed by atoms with Gasteiger partial charge >= 0.3 is 0 Å². The van der Waals surface area contributed by atoms with Gasteiger partial charge in [-0.05, 0) is 84.8 Å². The Morgan fingerprint density at radius 1 is 0.909 bits per heavy atom. The Morgan fingerprint density at radius 3 is 2.27 bits per heavy atom. The van der Waals surface area contributed by atoms with Gasteiger partial charge in [0, 0.05) is 29.9 Å². The van der Waals surface area contributed by atoms with E-state index in [1.165, 1.54) is 17.8 Å². The Kier molecular flexibility index (Phi) is 9.27. The Balaban J connectivity index is 1.48. The molecule has 4 aromatic carbocycles. The predicted octanol–water partition coefficient (Wildman–Crippen LogP) is 6.60. The van der Waals surface area contributed by atoms with Gasteiger partial charge in [-0.1, -0.05) is 48.9 Å². The van der Waals surface area contributed by atoms with Gasteiger partial charge in [0.25, 0.3) is 5.91 Å².